The van der Waals surface area contributed by atoms with E-state index in [1.807, 2.05) is 23.1 Å². The zero-order valence-electron chi connectivity index (χ0n) is 14.0. The number of aromatic nitrogens is 2. The van der Waals surface area contributed by atoms with Crippen molar-refractivity contribution in [2.45, 2.75) is 26.9 Å². The number of hydrogen-bond acceptors (Lipinski definition) is 2. The van der Waals surface area contributed by atoms with Crippen LogP contribution in [0.4, 0.5) is 0 Å². The van der Waals surface area contributed by atoms with Crippen LogP contribution in [0.1, 0.15) is 18.1 Å². The zero-order chi connectivity index (χ0) is 15.8. The van der Waals surface area contributed by atoms with Gasteiger partial charge in [0.1, 0.15) is 0 Å². The number of aryl methyl sites for hydroxylation is 1. The van der Waals surface area contributed by atoms with Gasteiger partial charge in [-0.05, 0) is 30.0 Å². The molecule has 126 valence electrons. The molecule has 1 aromatic carbocycles. The van der Waals surface area contributed by atoms with Gasteiger partial charge < -0.3 is 10.6 Å². The molecule has 0 saturated heterocycles. The van der Waals surface area contributed by atoms with Gasteiger partial charge in [-0.2, -0.15) is 5.10 Å². The topological polar surface area (TPSA) is 54.2 Å². The van der Waals surface area contributed by atoms with Crippen LogP contribution in [0.25, 0.3) is 0 Å². The monoisotopic (exact) mass is 427 g/mol. The molecule has 23 heavy (non-hydrogen) atoms. The van der Waals surface area contributed by atoms with Crippen LogP contribution in [0.15, 0.2) is 47.7 Å². The van der Waals surface area contributed by atoms with Crippen molar-refractivity contribution in [1.29, 1.82) is 0 Å². The second-order valence-corrected chi connectivity index (χ2v) is 5.57. The molecule has 1 unspecified atom stereocenters. The van der Waals surface area contributed by atoms with Gasteiger partial charge in [0.15, 0.2) is 5.96 Å². The second-order valence-electron chi connectivity index (χ2n) is 5.57. The van der Waals surface area contributed by atoms with Crippen molar-refractivity contribution in [2.24, 2.45) is 10.9 Å². The lowest BCUT2D eigenvalue weighted by molar-refractivity contribution is 0.443. The van der Waals surface area contributed by atoms with Crippen LogP contribution in [0, 0.1) is 12.8 Å². The summed E-state index contributed by atoms with van der Waals surface area (Å²) in [6, 6.07) is 10.3. The van der Waals surface area contributed by atoms with Gasteiger partial charge in [0.05, 0.1) is 0 Å². The summed E-state index contributed by atoms with van der Waals surface area (Å²) in [6.45, 7) is 6.85. The average molecular weight is 427 g/mol. The molecule has 6 heteroatoms. The van der Waals surface area contributed by atoms with Crippen molar-refractivity contribution in [3.63, 3.8) is 0 Å². The lowest BCUT2D eigenvalue weighted by Gasteiger charge is -2.16. The third kappa shape index (κ3) is 6.60. The Bertz CT molecular complexity index is 595. The van der Waals surface area contributed by atoms with Crippen LogP contribution in [0.2, 0.25) is 0 Å². The Labute approximate surface area is 155 Å². The van der Waals surface area contributed by atoms with Gasteiger partial charge in [0.2, 0.25) is 0 Å². The van der Waals surface area contributed by atoms with Gasteiger partial charge in [-0.1, -0.05) is 31.2 Å². The molecule has 0 spiro atoms. The fraction of sp³-hybridized carbons (Fsp3) is 0.412. The predicted molar refractivity (Wildman–Crippen MR) is 106 cm³/mol. The number of nitrogens with zero attached hydrogens (tertiary/aromatic N) is 3. The molecule has 0 aliphatic carbocycles. The molecule has 0 saturated carbocycles. The van der Waals surface area contributed by atoms with Crippen LogP contribution < -0.4 is 10.6 Å². The maximum atomic E-state index is 4.27. The molecule has 0 fully saturated rings. The molecule has 0 bridgehead atoms. The smallest absolute Gasteiger partial charge is 0.191 e. The molecular formula is C17H26IN5. The Morgan fingerprint density at radius 2 is 2.04 bits per heavy atom. The van der Waals surface area contributed by atoms with Gasteiger partial charge in [0, 0.05) is 39.1 Å². The summed E-state index contributed by atoms with van der Waals surface area (Å²) >= 11 is 0. The fourth-order valence-electron chi connectivity index (χ4n) is 2.27. The summed E-state index contributed by atoms with van der Waals surface area (Å²) in [4.78, 5) is 4.27. The number of hydrogen-bond donors (Lipinski definition) is 2. The van der Waals surface area contributed by atoms with Crippen molar-refractivity contribution in [3.8, 4) is 0 Å². The molecule has 0 radical (unpaired) electrons. The van der Waals surface area contributed by atoms with E-state index in [-0.39, 0.29) is 24.0 Å². The highest BCUT2D eigenvalue weighted by atomic mass is 127. The van der Waals surface area contributed by atoms with Gasteiger partial charge in [0.25, 0.3) is 0 Å². The van der Waals surface area contributed by atoms with Crippen molar-refractivity contribution in [1.82, 2.24) is 20.4 Å². The van der Waals surface area contributed by atoms with Crippen molar-refractivity contribution < 1.29 is 0 Å². The highest BCUT2D eigenvalue weighted by molar-refractivity contribution is 14.0. The highest BCUT2D eigenvalue weighted by Gasteiger charge is 2.05. The maximum absolute atomic E-state index is 4.27. The minimum atomic E-state index is 0. The molecule has 2 aromatic rings. The third-order valence-electron chi connectivity index (χ3n) is 3.61. The highest BCUT2D eigenvalue weighted by Crippen LogP contribution is 2.06. The summed E-state index contributed by atoms with van der Waals surface area (Å²) in [5.74, 6) is 1.30. The summed E-state index contributed by atoms with van der Waals surface area (Å²) in [6.07, 6.45) is 3.80. The van der Waals surface area contributed by atoms with E-state index < -0.39 is 0 Å². The van der Waals surface area contributed by atoms with E-state index in [4.69, 9.17) is 0 Å². The number of rotatable bonds is 6. The summed E-state index contributed by atoms with van der Waals surface area (Å²) in [5.41, 5.74) is 2.58. The van der Waals surface area contributed by atoms with Crippen molar-refractivity contribution in [2.75, 3.05) is 13.6 Å². The average Bonchev–Trinajstić information content (AvgIpc) is 3.02. The SMILES string of the molecule is CN=C(NCc1ccccc1C)NCC(C)Cn1cccn1.I. The molecule has 1 atom stereocenters. The second kappa shape index (κ2) is 10.3. The Balaban J connectivity index is 0.00000264. The fourth-order valence-corrected chi connectivity index (χ4v) is 2.27. The minimum Gasteiger partial charge on any atom is -0.356 e. The molecule has 1 heterocycles. The van der Waals surface area contributed by atoms with E-state index in [9.17, 15) is 0 Å². The van der Waals surface area contributed by atoms with E-state index in [1.165, 1.54) is 11.1 Å². The van der Waals surface area contributed by atoms with Gasteiger partial charge >= 0.3 is 0 Å². The Morgan fingerprint density at radius 3 is 2.70 bits per heavy atom. The first-order valence-corrected chi connectivity index (χ1v) is 7.65. The molecule has 0 amide bonds. The van der Waals surface area contributed by atoms with Crippen LogP contribution in [-0.2, 0) is 13.1 Å². The number of benzene rings is 1. The van der Waals surface area contributed by atoms with Gasteiger partial charge in [-0.3, -0.25) is 9.67 Å². The first kappa shape index (κ1) is 19.5. The predicted octanol–water partition coefficient (Wildman–Crippen LogP) is 2.81. The van der Waals surface area contributed by atoms with E-state index in [0.717, 1.165) is 25.6 Å². The van der Waals surface area contributed by atoms with Crippen LogP contribution in [0.5, 0.6) is 0 Å². The Morgan fingerprint density at radius 1 is 1.26 bits per heavy atom. The van der Waals surface area contributed by atoms with E-state index in [2.05, 4.69) is 58.8 Å². The molecule has 2 N–H and O–H groups in total. The standard InChI is InChI=1S/C17H25N5.HI/c1-14(13-22-10-6-9-21-22)11-19-17(18-3)20-12-16-8-5-4-7-15(16)2;/h4-10,14H,11-13H2,1-3H3,(H2,18,19,20);1H. The molecule has 0 aliphatic heterocycles. The Kier molecular flexibility index (Phi) is 8.68. The van der Waals surface area contributed by atoms with Crippen molar-refractivity contribution >= 4 is 29.9 Å². The molecule has 1 aromatic heterocycles. The molecule has 0 aliphatic rings. The molecule has 5 nitrogen and oxygen atoms in total. The third-order valence-corrected chi connectivity index (χ3v) is 3.61. The minimum absolute atomic E-state index is 0. The molecule has 2 rings (SSSR count). The maximum Gasteiger partial charge on any atom is 0.191 e. The largest absolute Gasteiger partial charge is 0.356 e. The lowest BCUT2D eigenvalue weighted by Crippen LogP contribution is -2.39. The number of aliphatic imine (C=N–C) groups is 1. The van der Waals surface area contributed by atoms with Crippen LogP contribution >= 0.6 is 24.0 Å². The Hall–Kier alpha value is -1.57. The van der Waals surface area contributed by atoms with Crippen LogP contribution in [0.3, 0.4) is 0 Å². The summed E-state index contributed by atoms with van der Waals surface area (Å²) in [7, 11) is 1.80. The van der Waals surface area contributed by atoms with E-state index in [1.54, 1.807) is 7.05 Å². The van der Waals surface area contributed by atoms with Gasteiger partial charge in [-0.25, -0.2) is 0 Å². The first-order chi connectivity index (χ1) is 10.7. The van der Waals surface area contributed by atoms with Crippen molar-refractivity contribution in [3.05, 3.63) is 53.9 Å². The van der Waals surface area contributed by atoms with Crippen LogP contribution in [-0.4, -0.2) is 29.3 Å². The summed E-state index contributed by atoms with van der Waals surface area (Å²) < 4.78 is 1.95. The quantitative estimate of drug-likeness (QED) is 0.424. The number of guanidine groups is 1. The zero-order valence-corrected chi connectivity index (χ0v) is 16.3. The number of halogens is 1. The first-order valence-electron chi connectivity index (χ1n) is 7.65. The summed E-state index contributed by atoms with van der Waals surface area (Å²) in [5, 5.41) is 11.0. The lowest BCUT2D eigenvalue weighted by atomic mass is 10.1. The molecular weight excluding hydrogens is 401 g/mol. The van der Waals surface area contributed by atoms with Gasteiger partial charge in [-0.15, -0.1) is 24.0 Å². The number of nitrogens with one attached hydrogen (secondary N) is 2. The van der Waals surface area contributed by atoms with E-state index in [0.29, 0.717) is 5.92 Å². The van der Waals surface area contributed by atoms with E-state index >= 15 is 0 Å². The normalized spacial score (nSPS) is 12.4.